The molecule has 0 unspecified atom stereocenters. The van der Waals surface area contributed by atoms with Crippen molar-refractivity contribution in [1.29, 1.82) is 0 Å². The molecule has 0 amide bonds. The van der Waals surface area contributed by atoms with Gasteiger partial charge < -0.3 is 9.47 Å². The van der Waals surface area contributed by atoms with Crippen molar-refractivity contribution < 1.29 is 9.47 Å². The fourth-order valence-corrected chi connectivity index (χ4v) is 7.15. The zero-order valence-corrected chi connectivity index (χ0v) is 25.8. The van der Waals surface area contributed by atoms with Gasteiger partial charge in [-0.05, 0) is 83.9 Å². The molecule has 0 heterocycles. The first-order valence-electron chi connectivity index (χ1n) is 15.6. The standard InChI is InChI=1S/C44H32O2/c1-45-32-21-15-20-31(28-32)41-35-24-11-12-25-36(35)42(37-26-13-14-27-38(37)46-2)44-40(30-18-7-4-8-19-30)34-23-10-9-22-33(34)39(43(41)44)29-16-5-3-6-17-29/h3-28H,1-2H3. The molecule has 0 radical (unpaired) electrons. The van der Waals surface area contributed by atoms with Gasteiger partial charge in [-0.1, -0.05) is 140 Å². The predicted molar refractivity (Wildman–Crippen MR) is 194 cm³/mol. The van der Waals surface area contributed by atoms with Gasteiger partial charge in [0.05, 0.1) is 14.2 Å². The molecule has 0 saturated heterocycles. The lowest BCUT2D eigenvalue weighted by molar-refractivity contribution is 0.415. The first kappa shape index (κ1) is 27.7. The molecule has 0 saturated carbocycles. The van der Waals surface area contributed by atoms with Crippen molar-refractivity contribution in [1.82, 2.24) is 0 Å². The van der Waals surface area contributed by atoms with Gasteiger partial charge >= 0.3 is 0 Å². The molecule has 0 aromatic heterocycles. The molecule has 0 aliphatic rings. The first-order valence-corrected chi connectivity index (χ1v) is 15.6. The van der Waals surface area contributed by atoms with Crippen molar-refractivity contribution in [2.24, 2.45) is 0 Å². The van der Waals surface area contributed by atoms with E-state index in [4.69, 9.17) is 9.47 Å². The number of benzene rings is 8. The molecule has 0 aliphatic heterocycles. The minimum absolute atomic E-state index is 0.828. The Balaban J connectivity index is 1.77. The lowest BCUT2D eigenvalue weighted by atomic mass is 9.77. The van der Waals surface area contributed by atoms with Crippen LogP contribution in [0, 0.1) is 0 Å². The predicted octanol–water partition coefficient (Wildman–Crippen LogP) is 11.8. The average Bonchev–Trinajstić information content (AvgIpc) is 3.13. The van der Waals surface area contributed by atoms with E-state index in [1.807, 2.05) is 12.1 Å². The normalized spacial score (nSPS) is 11.3. The summed E-state index contributed by atoms with van der Waals surface area (Å²) in [5.74, 6) is 1.67. The Morgan fingerprint density at radius 1 is 0.348 bits per heavy atom. The molecule has 2 heteroatoms. The van der Waals surface area contributed by atoms with Crippen molar-refractivity contribution in [3.8, 4) is 56.0 Å². The fourth-order valence-electron chi connectivity index (χ4n) is 7.15. The van der Waals surface area contributed by atoms with Gasteiger partial charge in [0.2, 0.25) is 0 Å². The van der Waals surface area contributed by atoms with E-state index in [9.17, 15) is 0 Å². The molecule has 0 atom stereocenters. The maximum Gasteiger partial charge on any atom is 0.126 e. The van der Waals surface area contributed by atoms with Crippen LogP contribution in [0.4, 0.5) is 0 Å². The summed E-state index contributed by atoms with van der Waals surface area (Å²) in [7, 11) is 3.49. The highest BCUT2D eigenvalue weighted by Crippen LogP contribution is 2.54. The Bertz CT molecular complexity index is 2370. The third kappa shape index (κ3) is 4.42. The zero-order chi connectivity index (χ0) is 31.0. The molecule has 46 heavy (non-hydrogen) atoms. The molecule has 0 spiro atoms. The molecular formula is C44H32O2. The molecule has 220 valence electrons. The van der Waals surface area contributed by atoms with E-state index in [0.717, 1.165) is 28.2 Å². The highest BCUT2D eigenvalue weighted by molar-refractivity contribution is 6.34. The van der Waals surface area contributed by atoms with Gasteiger partial charge in [0.1, 0.15) is 11.5 Å². The van der Waals surface area contributed by atoms with E-state index in [1.54, 1.807) is 14.2 Å². The third-order valence-corrected chi connectivity index (χ3v) is 9.04. The molecule has 0 N–H and O–H groups in total. The Kier molecular flexibility index (Phi) is 6.96. The molecule has 0 bridgehead atoms. The van der Waals surface area contributed by atoms with Crippen LogP contribution in [0.1, 0.15) is 0 Å². The summed E-state index contributed by atoms with van der Waals surface area (Å²) in [6.07, 6.45) is 0. The van der Waals surface area contributed by atoms with Gasteiger partial charge in [-0.3, -0.25) is 0 Å². The SMILES string of the molecule is COc1cccc(-c2c3ccccc3c(-c3ccccc3OC)c3c(-c4ccccc4)c4ccccc4c(-c4ccccc4)c23)c1. The molecular weight excluding hydrogens is 560 g/mol. The maximum absolute atomic E-state index is 6.07. The van der Waals surface area contributed by atoms with Crippen LogP contribution in [-0.4, -0.2) is 14.2 Å². The molecule has 0 fully saturated rings. The van der Waals surface area contributed by atoms with Crippen molar-refractivity contribution in [3.05, 3.63) is 158 Å². The van der Waals surface area contributed by atoms with Gasteiger partial charge in [-0.15, -0.1) is 0 Å². The Labute approximate surface area is 269 Å². The van der Waals surface area contributed by atoms with Crippen LogP contribution in [0.5, 0.6) is 11.5 Å². The number of para-hydroxylation sites is 1. The highest BCUT2D eigenvalue weighted by Gasteiger charge is 2.26. The van der Waals surface area contributed by atoms with E-state index in [1.165, 1.54) is 60.1 Å². The Morgan fingerprint density at radius 3 is 1.33 bits per heavy atom. The van der Waals surface area contributed by atoms with Gasteiger partial charge in [0.15, 0.2) is 0 Å². The Hall–Kier alpha value is -5.86. The first-order chi connectivity index (χ1) is 22.8. The minimum Gasteiger partial charge on any atom is -0.497 e. The zero-order valence-electron chi connectivity index (χ0n) is 25.8. The van der Waals surface area contributed by atoms with Crippen molar-refractivity contribution >= 4 is 32.3 Å². The molecule has 8 aromatic rings. The summed E-state index contributed by atoms with van der Waals surface area (Å²) >= 11 is 0. The van der Waals surface area contributed by atoms with Gasteiger partial charge in [0, 0.05) is 11.1 Å². The van der Waals surface area contributed by atoms with Crippen molar-refractivity contribution in [3.63, 3.8) is 0 Å². The number of hydrogen-bond donors (Lipinski definition) is 0. The summed E-state index contributed by atoms with van der Waals surface area (Å²) in [5.41, 5.74) is 9.29. The van der Waals surface area contributed by atoms with E-state index in [-0.39, 0.29) is 0 Å². The largest absolute Gasteiger partial charge is 0.497 e. The van der Waals surface area contributed by atoms with E-state index in [0.29, 0.717) is 0 Å². The van der Waals surface area contributed by atoms with Crippen LogP contribution in [-0.2, 0) is 0 Å². The van der Waals surface area contributed by atoms with E-state index >= 15 is 0 Å². The third-order valence-electron chi connectivity index (χ3n) is 9.04. The highest BCUT2D eigenvalue weighted by atomic mass is 16.5. The molecule has 2 nitrogen and oxygen atoms in total. The summed E-state index contributed by atoms with van der Waals surface area (Å²) in [6.45, 7) is 0. The van der Waals surface area contributed by atoms with Crippen LogP contribution >= 0.6 is 0 Å². The lowest BCUT2D eigenvalue weighted by Crippen LogP contribution is -1.98. The maximum atomic E-state index is 6.07. The van der Waals surface area contributed by atoms with Crippen molar-refractivity contribution in [2.75, 3.05) is 14.2 Å². The molecule has 8 aromatic carbocycles. The van der Waals surface area contributed by atoms with E-state index < -0.39 is 0 Å². The minimum atomic E-state index is 0.828. The molecule has 0 aliphatic carbocycles. The number of methoxy groups -OCH3 is 2. The summed E-state index contributed by atoms with van der Waals surface area (Å²) < 4.78 is 11.9. The number of ether oxygens (including phenoxy) is 2. The van der Waals surface area contributed by atoms with Crippen LogP contribution < -0.4 is 9.47 Å². The smallest absolute Gasteiger partial charge is 0.126 e. The Morgan fingerprint density at radius 2 is 0.783 bits per heavy atom. The number of hydrogen-bond acceptors (Lipinski definition) is 2. The van der Waals surface area contributed by atoms with Gasteiger partial charge in [-0.2, -0.15) is 0 Å². The van der Waals surface area contributed by atoms with E-state index in [2.05, 4.69) is 146 Å². The summed E-state index contributed by atoms with van der Waals surface area (Å²) in [5, 5.41) is 7.18. The second-order valence-corrected chi connectivity index (χ2v) is 11.5. The average molecular weight is 593 g/mol. The molecule has 8 rings (SSSR count). The lowest BCUT2D eigenvalue weighted by Gasteiger charge is -2.25. The van der Waals surface area contributed by atoms with Gasteiger partial charge in [0.25, 0.3) is 0 Å². The van der Waals surface area contributed by atoms with Crippen LogP contribution in [0.3, 0.4) is 0 Å². The fraction of sp³-hybridized carbons (Fsp3) is 0.0455. The van der Waals surface area contributed by atoms with Gasteiger partial charge in [-0.25, -0.2) is 0 Å². The number of rotatable bonds is 6. The summed E-state index contributed by atoms with van der Waals surface area (Å²) in [6, 6.07) is 56.2. The summed E-state index contributed by atoms with van der Waals surface area (Å²) in [4.78, 5) is 0. The topological polar surface area (TPSA) is 18.5 Å². The number of fused-ring (bicyclic) bond motifs is 3. The van der Waals surface area contributed by atoms with Crippen LogP contribution in [0.2, 0.25) is 0 Å². The quantitative estimate of drug-likeness (QED) is 0.179. The monoisotopic (exact) mass is 592 g/mol. The van der Waals surface area contributed by atoms with Crippen LogP contribution in [0.15, 0.2) is 158 Å². The second kappa shape index (κ2) is 11.6. The van der Waals surface area contributed by atoms with Crippen LogP contribution in [0.25, 0.3) is 76.8 Å². The second-order valence-electron chi connectivity index (χ2n) is 11.5. The van der Waals surface area contributed by atoms with Crippen molar-refractivity contribution in [2.45, 2.75) is 0 Å².